The van der Waals surface area contributed by atoms with E-state index in [9.17, 15) is 18.0 Å². The van der Waals surface area contributed by atoms with Crippen LogP contribution in [0.5, 0.6) is 0 Å². The van der Waals surface area contributed by atoms with E-state index in [1.54, 1.807) is 51.4 Å². The number of carbonyl (C=O) groups excluding carboxylic acids is 2. The first-order chi connectivity index (χ1) is 13.7. The van der Waals surface area contributed by atoms with Gasteiger partial charge in [0.05, 0.1) is 4.90 Å². The van der Waals surface area contributed by atoms with Gasteiger partial charge in [-0.2, -0.15) is 0 Å². The van der Waals surface area contributed by atoms with Crippen molar-refractivity contribution in [3.63, 3.8) is 0 Å². The fraction of sp³-hybridized carbons (Fsp3) is 0.333. The number of hydrogen-bond donors (Lipinski definition) is 2. The lowest BCUT2D eigenvalue weighted by molar-refractivity contribution is 0.0827. The van der Waals surface area contributed by atoms with Crippen LogP contribution in [0.25, 0.3) is 0 Å². The molecule has 0 unspecified atom stereocenters. The minimum absolute atomic E-state index is 0.000860. The lowest BCUT2D eigenvalue weighted by Gasteiger charge is -2.12. The normalized spacial score (nSPS) is 13.8. The van der Waals surface area contributed by atoms with Crippen LogP contribution in [0.3, 0.4) is 0 Å². The summed E-state index contributed by atoms with van der Waals surface area (Å²) in [6.45, 7) is 2.04. The van der Waals surface area contributed by atoms with Gasteiger partial charge in [-0.3, -0.25) is 9.59 Å². The molecule has 0 radical (unpaired) electrons. The molecule has 0 bridgehead atoms. The van der Waals surface area contributed by atoms with E-state index in [0.717, 1.165) is 18.4 Å². The third-order valence-corrected chi connectivity index (χ3v) is 6.24. The molecule has 1 saturated carbocycles. The van der Waals surface area contributed by atoms with Gasteiger partial charge in [-0.15, -0.1) is 0 Å². The van der Waals surface area contributed by atoms with Crippen molar-refractivity contribution in [2.45, 2.75) is 37.2 Å². The van der Waals surface area contributed by atoms with E-state index in [2.05, 4.69) is 10.0 Å². The maximum absolute atomic E-state index is 12.6. The van der Waals surface area contributed by atoms with Gasteiger partial charge in [0.25, 0.3) is 11.8 Å². The molecular formula is C21H25N3O4S. The Morgan fingerprint density at radius 2 is 1.72 bits per heavy atom. The number of nitrogens with one attached hydrogen (secondary N) is 2. The summed E-state index contributed by atoms with van der Waals surface area (Å²) in [6, 6.07) is 11.6. The summed E-state index contributed by atoms with van der Waals surface area (Å²) in [5.41, 5.74) is 2.43. The minimum Gasteiger partial charge on any atom is -0.348 e. The largest absolute Gasteiger partial charge is 0.348 e. The molecule has 2 aromatic carbocycles. The zero-order chi connectivity index (χ0) is 21.2. The molecule has 0 aliphatic heterocycles. The molecule has 0 atom stereocenters. The molecule has 1 fully saturated rings. The highest BCUT2D eigenvalue weighted by atomic mass is 32.2. The van der Waals surface area contributed by atoms with Gasteiger partial charge in [0.1, 0.15) is 0 Å². The molecule has 0 saturated heterocycles. The number of hydrogen-bond acceptors (Lipinski definition) is 4. The second-order valence-corrected chi connectivity index (χ2v) is 9.17. The molecule has 0 spiro atoms. The maximum Gasteiger partial charge on any atom is 0.253 e. The average Bonchev–Trinajstić information content (AvgIpc) is 3.49. The van der Waals surface area contributed by atoms with Crippen molar-refractivity contribution in [1.82, 2.24) is 14.9 Å². The molecule has 154 valence electrons. The first kappa shape index (κ1) is 21.0. The van der Waals surface area contributed by atoms with Crippen LogP contribution in [0.1, 0.15) is 44.7 Å². The molecule has 1 aliphatic carbocycles. The number of amides is 2. The highest BCUT2D eigenvalue weighted by Gasteiger charge is 2.28. The molecule has 29 heavy (non-hydrogen) atoms. The molecule has 8 heteroatoms. The summed E-state index contributed by atoms with van der Waals surface area (Å²) in [5.74, 6) is -0.437. The molecular weight excluding hydrogens is 390 g/mol. The van der Waals surface area contributed by atoms with E-state index in [4.69, 9.17) is 0 Å². The van der Waals surface area contributed by atoms with Gasteiger partial charge in [0, 0.05) is 37.8 Å². The smallest absolute Gasteiger partial charge is 0.253 e. The van der Waals surface area contributed by atoms with Crippen LogP contribution in [0, 0.1) is 6.92 Å². The molecule has 1 aliphatic rings. The van der Waals surface area contributed by atoms with Crippen LogP contribution >= 0.6 is 0 Å². The van der Waals surface area contributed by atoms with Crippen molar-refractivity contribution >= 4 is 21.8 Å². The number of benzene rings is 2. The standard InChI is InChI=1S/C21H25N3O4S/c1-14-4-11-18(29(27,28)23-17-9-10-17)12-19(14)20(25)22-13-15-5-7-16(8-6-15)21(26)24(2)3/h4-8,11-12,17,23H,9-10,13H2,1-3H3,(H,22,25). The van der Waals surface area contributed by atoms with Gasteiger partial charge < -0.3 is 10.2 Å². The van der Waals surface area contributed by atoms with E-state index in [1.807, 2.05) is 0 Å². The van der Waals surface area contributed by atoms with Crippen molar-refractivity contribution in [2.24, 2.45) is 0 Å². The second kappa shape index (κ2) is 8.34. The van der Waals surface area contributed by atoms with Crippen molar-refractivity contribution in [1.29, 1.82) is 0 Å². The Balaban J connectivity index is 1.69. The Morgan fingerprint density at radius 1 is 1.07 bits per heavy atom. The summed E-state index contributed by atoms with van der Waals surface area (Å²) in [7, 11) is -0.247. The maximum atomic E-state index is 12.6. The lowest BCUT2D eigenvalue weighted by Crippen LogP contribution is -2.27. The van der Waals surface area contributed by atoms with Gasteiger partial charge in [0.15, 0.2) is 0 Å². The molecule has 0 heterocycles. The first-order valence-corrected chi connectivity index (χ1v) is 10.9. The van der Waals surface area contributed by atoms with Gasteiger partial charge in [-0.25, -0.2) is 13.1 Å². The summed E-state index contributed by atoms with van der Waals surface area (Å²) in [4.78, 5) is 26.1. The second-order valence-electron chi connectivity index (χ2n) is 7.45. The predicted octanol–water partition coefficient (Wildman–Crippen LogP) is 2.07. The summed E-state index contributed by atoms with van der Waals surface area (Å²) >= 11 is 0. The number of rotatable bonds is 7. The van der Waals surface area contributed by atoms with Crippen LogP contribution in [0.2, 0.25) is 0 Å². The van der Waals surface area contributed by atoms with Crippen LogP contribution in [0.4, 0.5) is 0 Å². The number of carbonyl (C=O) groups is 2. The van der Waals surface area contributed by atoms with Gasteiger partial charge in [-0.05, 0) is 55.2 Å². The number of nitrogens with zero attached hydrogens (tertiary/aromatic N) is 1. The van der Waals surface area contributed by atoms with Crippen LogP contribution in [-0.2, 0) is 16.6 Å². The highest BCUT2D eigenvalue weighted by molar-refractivity contribution is 7.89. The minimum atomic E-state index is -3.62. The zero-order valence-corrected chi connectivity index (χ0v) is 17.5. The fourth-order valence-corrected chi connectivity index (χ4v) is 4.13. The van der Waals surface area contributed by atoms with E-state index in [-0.39, 0.29) is 29.3 Å². The summed E-state index contributed by atoms with van der Waals surface area (Å²) in [6.07, 6.45) is 1.69. The predicted molar refractivity (Wildman–Crippen MR) is 110 cm³/mol. The summed E-state index contributed by atoms with van der Waals surface area (Å²) < 4.78 is 27.4. The SMILES string of the molecule is Cc1ccc(S(=O)(=O)NC2CC2)cc1C(=O)NCc1ccc(C(=O)N(C)C)cc1. The Labute approximate surface area is 171 Å². The van der Waals surface area contributed by atoms with E-state index >= 15 is 0 Å². The monoisotopic (exact) mass is 415 g/mol. The van der Waals surface area contributed by atoms with Crippen molar-refractivity contribution in [3.05, 3.63) is 64.7 Å². The third-order valence-electron chi connectivity index (χ3n) is 4.72. The number of aryl methyl sites for hydroxylation is 1. The third kappa shape index (κ3) is 5.21. The summed E-state index contributed by atoms with van der Waals surface area (Å²) in [5, 5.41) is 2.81. The highest BCUT2D eigenvalue weighted by Crippen LogP contribution is 2.23. The Hall–Kier alpha value is -2.71. The van der Waals surface area contributed by atoms with Gasteiger partial charge in [-0.1, -0.05) is 18.2 Å². The van der Waals surface area contributed by atoms with Crippen molar-refractivity contribution in [3.8, 4) is 0 Å². The lowest BCUT2D eigenvalue weighted by atomic mass is 10.1. The van der Waals surface area contributed by atoms with Gasteiger partial charge >= 0.3 is 0 Å². The molecule has 2 N–H and O–H groups in total. The molecule has 2 amide bonds. The molecule has 7 nitrogen and oxygen atoms in total. The van der Waals surface area contributed by atoms with Crippen LogP contribution in [0.15, 0.2) is 47.4 Å². The quantitative estimate of drug-likeness (QED) is 0.724. The molecule has 0 aromatic heterocycles. The number of sulfonamides is 1. The van der Waals surface area contributed by atoms with Crippen LogP contribution in [-0.4, -0.2) is 45.3 Å². The molecule has 2 aromatic rings. The average molecular weight is 416 g/mol. The molecule has 3 rings (SSSR count). The van der Waals surface area contributed by atoms with Gasteiger partial charge in [0.2, 0.25) is 10.0 Å². The van der Waals surface area contributed by atoms with E-state index < -0.39 is 10.0 Å². The topological polar surface area (TPSA) is 95.6 Å². The Kier molecular flexibility index (Phi) is 6.04. The van der Waals surface area contributed by atoms with Crippen molar-refractivity contribution in [2.75, 3.05) is 14.1 Å². The fourth-order valence-electron chi connectivity index (χ4n) is 2.80. The Bertz CT molecular complexity index is 1030. The van der Waals surface area contributed by atoms with Crippen molar-refractivity contribution < 1.29 is 18.0 Å². The zero-order valence-electron chi connectivity index (χ0n) is 16.7. The van der Waals surface area contributed by atoms with Crippen LogP contribution < -0.4 is 10.0 Å². The Morgan fingerprint density at radius 3 is 2.31 bits per heavy atom. The van der Waals surface area contributed by atoms with E-state index in [1.165, 1.54) is 17.0 Å². The van der Waals surface area contributed by atoms with E-state index in [0.29, 0.717) is 16.7 Å². The first-order valence-electron chi connectivity index (χ1n) is 9.39.